The number of hydrogen-bond donors (Lipinski definition) is 1. The second-order valence-corrected chi connectivity index (χ2v) is 4.63. The standard InChI is InChI=1S/C13H16FN3/c1-9-12(11-6-2-3-7-15-11)16-13-10(14)5-4-8-17(9)13/h4-5,8,11,15H,2-3,6-7H2,1H3. The number of piperidine rings is 1. The summed E-state index contributed by atoms with van der Waals surface area (Å²) in [7, 11) is 0. The molecule has 4 heteroatoms. The van der Waals surface area contributed by atoms with Crippen molar-refractivity contribution in [3.05, 3.63) is 35.5 Å². The summed E-state index contributed by atoms with van der Waals surface area (Å²) < 4.78 is 15.5. The molecule has 0 aliphatic carbocycles. The summed E-state index contributed by atoms with van der Waals surface area (Å²) in [6.45, 7) is 3.03. The molecule has 0 bridgehead atoms. The van der Waals surface area contributed by atoms with Crippen LogP contribution in [0.5, 0.6) is 0 Å². The van der Waals surface area contributed by atoms with Gasteiger partial charge in [-0.25, -0.2) is 9.37 Å². The van der Waals surface area contributed by atoms with Gasteiger partial charge in [0, 0.05) is 11.9 Å². The fraction of sp³-hybridized carbons (Fsp3) is 0.462. The second kappa shape index (κ2) is 4.11. The molecule has 1 N–H and O–H groups in total. The van der Waals surface area contributed by atoms with Gasteiger partial charge in [0.05, 0.1) is 11.7 Å². The van der Waals surface area contributed by atoms with Crippen molar-refractivity contribution < 1.29 is 4.39 Å². The fourth-order valence-corrected chi connectivity index (χ4v) is 2.59. The third-order valence-electron chi connectivity index (χ3n) is 3.52. The van der Waals surface area contributed by atoms with Gasteiger partial charge in [0.1, 0.15) is 0 Å². The van der Waals surface area contributed by atoms with E-state index in [4.69, 9.17) is 0 Å². The summed E-state index contributed by atoms with van der Waals surface area (Å²) in [5, 5.41) is 3.46. The molecule has 0 amide bonds. The molecule has 3 heterocycles. The summed E-state index contributed by atoms with van der Waals surface area (Å²) in [6, 6.07) is 3.46. The number of pyridine rings is 1. The first-order valence-electron chi connectivity index (χ1n) is 6.14. The molecule has 1 unspecified atom stereocenters. The quantitative estimate of drug-likeness (QED) is 0.820. The topological polar surface area (TPSA) is 29.3 Å². The van der Waals surface area contributed by atoms with Gasteiger partial charge in [0.25, 0.3) is 0 Å². The predicted octanol–water partition coefficient (Wildman–Crippen LogP) is 2.60. The van der Waals surface area contributed by atoms with Gasteiger partial charge < -0.3 is 9.72 Å². The minimum absolute atomic E-state index is 0.252. The summed E-state index contributed by atoms with van der Waals surface area (Å²) in [5.41, 5.74) is 2.47. The Labute approximate surface area is 99.7 Å². The normalized spacial score (nSPS) is 20.9. The Morgan fingerprint density at radius 1 is 1.47 bits per heavy atom. The van der Waals surface area contributed by atoms with Crippen LogP contribution in [0.15, 0.2) is 18.3 Å². The lowest BCUT2D eigenvalue weighted by atomic mass is 10.0. The Balaban J connectivity index is 2.10. The van der Waals surface area contributed by atoms with Gasteiger partial charge in [-0.1, -0.05) is 6.42 Å². The number of nitrogens with zero attached hydrogens (tertiary/aromatic N) is 2. The van der Waals surface area contributed by atoms with Crippen molar-refractivity contribution in [1.82, 2.24) is 14.7 Å². The van der Waals surface area contributed by atoms with Crippen LogP contribution in [-0.4, -0.2) is 15.9 Å². The van der Waals surface area contributed by atoms with Gasteiger partial charge in [-0.05, 0) is 38.4 Å². The molecular formula is C13H16FN3. The largest absolute Gasteiger partial charge is 0.309 e. The zero-order chi connectivity index (χ0) is 11.8. The van der Waals surface area contributed by atoms with Crippen molar-refractivity contribution in [1.29, 1.82) is 0 Å². The molecule has 2 aromatic heterocycles. The van der Waals surface area contributed by atoms with Crippen LogP contribution in [0, 0.1) is 12.7 Å². The van der Waals surface area contributed by atoms with Gasteiger partial charge in [0.15, 0.2) is 11.5 Å². The Kier molecular flexibility index (Phi) is 2.59. The van der Waals surface area contributed by atoms with Crippen LogP contribution in [0.4, 0.5) is 4.39 Å². The van der Waals surface area contributed by atoms with Gasteiger partial charge in [-0.15, -0.1) is 0 Å². The highest BCUT2D eigenvalue weighted by Gasteiger charge is 2.21. The van der Waals surface area contributed by atoms with E-state index in [2.05, 4.69) is 10.3 Å². The molecule has 1 saturated heterocycles. The molecule has 17 heavy (non-hydrogen) atoms. The minimum Gasteiger partial charge on any atom is -0.309 e. The van der Waals surface area contributed by atoms with Crippen LogP contribution in [0.3, 0.4) is 0 Å². The fourth-order valence-electron chi connectivity index (χ4n) is 2.59. The highest BCUT2D eigenvalue weighted by molar-refractivity contribution is 5.45. The van der Waals surface area contributed by atoms with Crippen LogP contribution in [0.2, 0.25) is 0 Å². The summed E-state index contributed by atoms with van der Waals surface area (Å²) in [4.78, 5) is 4.46. The van der Waals surface area contributed by atoms with E-state index in [1.165, 1.54) is 18.9 Å². The number of nitrogens with one attached hydrogen (secondary N) is 1. The van der Waals surface area contributed by atoms with E-state index in [9.17, 15) is 4.39 Å². The van der Waals surface area contributed by atoms with E-state index in [0.717, 1.165) is 24.4 Å². The molecule has 1 aliphatic heterocycles. The molecule has 0 radical (unpaired) electrons. The highest BCUT2D eigenvalue weighted by atomic mass is 19.1. The molecule has 2 aromatic rings. The second-order valence-electron chi connectivity index (χ2n) is 4.63. The van der Waals surface area contributed by atoms with Crippen molar-refractivity contribution in [3.8, 4) is 0 Å². The first-order valence-corrected chi connectivity index (χ1v) is 6.14. The number of hydrogen-bond acceptors (Lipinski definition) is 2. The SMILES string of the molecule is Cc1c(C2CCCCN2)nc2c(F)cccn12. The number of aryl methyl sites for hydroxylation is 1. The number of rotatable bonds is 1. The van der Waals surface area contributed by atoms with Crippen LogP contribution in [0.1, 0.15) is 36.7 Å². The van der Waals surface area contributed by atoms with E-state index in [1.807, 2.05) is 17.5 Å². The molecular weight excluding hydrogens is 217 g/mol. The average Bonchev–Trinajstić information content (AvgIpc) is 2.70. The Hall–Kier alpha value is -1.42. The van der Waals surface area contributed by atoms with Crippen molar-refractivity contribution in [2.75, 3.05) is 6.54 Å². The number of aromatic nitrogens is 2. The van der Waals surface area contributed by atoms with Crippen LogP contribution >= 0.6 is 0 Å². The van der Waals surface area contributed by atoms with E-state index in [-0.39, 0.29) is 11.9 Å². The minimum atomic E-state index is -0.252. The molecule has 0 spiro atoms. The Morgan fingerprint density at radius 2 is 2.35 bits per heavy atom. The Morgan fingerprint density at radius 3 is 3.06 bits per heavy atom. The lowest BCUT2D eigenvalue weighted by Gasteiger charge is -2.22. The molecule has 3 rings (SSSR count). The van der Waals surface area contributed by atoms with Crippen LogP contribution in [-0.2, 0) is 0 Å². The number of halogens is 1. The maximum Gasteiger partial charge on any atom is 0.173 e. The molecule has 0 aromatic carbocycles. The smallest absolute Gasteiger partial charge is 0.173 e. The van der Waals surface area contributed by atoms with Gasteiger partial charge >= 0.3 is 0 Å². The third kappa shape index (κ3) is 1.72. The Bertz CT molecular complexity index is 541. The van der Waals surface area contributed by atoms with Crippen molar-refractivity contribution in [3.63, 3.8) is 0 Å². The van der Waals surface area contributed by atoms with Gasteiger partial charge in [-0.2, -0.15) is 0 Å². The summed E-state index contributed by atoms with van der Waals surface area (Å²) >= 11 is 0. The summed E-state index contributed by atoms with van der Waals surface area (Å²) in [5.74, 6) is -0.252. The number of imidazole rings is 1. The first kappa shape index (κ1) is 10.7. The molecule has 90 valence electrons. The van der Waals surface area contributed by atoms with Crippen LogP contribution < -0.4 is 5.32 Å². The average molecular weight is 233 g/mol. The molecule has 1 fully saturated rings. The van der Waals surface area contributed by atoms with Crippen molar-refractivity contribution in [2.24, 2.45) is 0 Å². The van der Waals surface area contributed by atoms with Gasteiger partial charge in [0.2, 0.25) is 0 Å². The van der Waals surface area contributed by atoms with E-state index in [0.29, 0.717) is 5.65 Å². The molecule has 1 atom stereocenters. The molecule has 0 saturated carbocycles. The van der Waals surface area contributed by atoms with Crippen molar-refractivity contribution in [2.45, 2.75) is 32.2 Å². The maximum absolute atomic E-state index is 13.6. The van der Waals surface area contributed by atoms with Crippen LogP contribution in [0.25, 0.3) is 5.65 Å². The third-order valence-corrected chi connectivity index (χ3v) is 3.52. The zero-order valence-electron chi connectivity index (χ0n) is 9.91. The van der Waals surface area contributed by atoms with Gasteiger partial charge in [-0.3, -0.25) is 0 Å². The monoisotopic (exact) mass is 233 g/mol. The maximum atomic E-state index is 13.6. The highest BCUT2D eigenvalue weighted by Crippen LogP contribution is 2.26. The van der Waals surface area contributed by atoms with Crippen molar-refractivity contribution >= 4 is 5.65 Å². The molecule has 1 aliphatic rings. The number of fused-ring (bicyclic) bond motifs is 1. The predicted molar refractivity (Wildman–Crippen MR) is 64.5 cm³/mol. The lowest BCUT2D eigenvalue weighted by Crippen LogP contribution is -2.27. The van der Waals surface area contributed by atoms with E-state index < -0.39 is 0 Å². The van der Waals surface area contributed by atoms with E-state index in [1.54, 1.807) is 6.07 Å². The first-order chi connectivity index (χ1) is 8.27. The zero-order valence-corrected chi connectivity index (χ0v) is 9.91. The summed E-state index contributed by atoms with van der Waals surface area (Å²) in [6.07, 6.45) is 5.39. The molecule has 3 nitrogen and oxygen atoms in total. The lowest BCUT2D eigenvalue weighted by molar-refractivity contribution is 0.405. The van der Waals surface area contributed by atoms with E-state index >= 15 is 0 Å².